The third kappa shape index (κ3) is 4.87. The molecule has 1 unspecified atom stereocenters. The molecule has 128 valence electrons. The molecule has 3 aromatic rings. The normalized spacial score (nSPS) is 11.7. The van der Waals surface area contributed by atoms with Crippen molar-refractivity contribution in [2.45, 2.75) is 12.5 Å². The fraction of sp³-hybridized carbons (Fsp3) is 0.222. The van der Waals surface area contributed by atoms with E-state index in [0.717, 1.165) is 11.3 Å². The molecule has 0 aliphatic carbocycles. The van der Waals surface area contributed by atoms with Crippen molar-refractivity contribution in [1.29, 1.82) is 0 Å². The summed E-state index contributed by atoms with van der Waals surface area (Å²) in [7, 11) is 0. The van der Waals surface area contributed by atoms with Gasteiger partial charge in [-0.05, 0) is 28.1 Å². The minimum Gasteiger partial charge on any atom is -0.492 e. The lowest BCUT2D eigenvalue weighted by atomic mass is 10.1. The van der Waals surface area contributed by atoms with E-state index in [4.69, 9.17) is 4.74 Å². The van der Waals surface area contributed by atoms with Gasteiger partial charge >= 0.3 is 0 Å². The van der Waals surface area contributed by atoms with Crippen molar-refractivity contribution in [2.24, 2.45) is 0 Å². The molecule has 0 aliphatic heterocycles. The number of carbonyl (C=O) groups excluding carboxylic acids is 1. The number of nitrogens with one attached hydrogen (secondary N) is 1. The van der Waals surface area contributed by atoms with E-state index < -0.39 is 6.04 Å². The predicted molar refractivity (Wildman–Crippen MR) is 91.9 cm³/mol. The number of hydrogen-bond acceptors (Lipinski definition) is 5. The summed E-state index contributed by atoms with van der Waals surface area (Å²) in [6, 6.07) is 18.8. The summed E-state index contributed by atoms with van der Waals surface area (Å²) in [5.74, 6) is 0.630. The Morgan fingerprint density at radius 3 is 2.48 bits per heavy atom. The summed E-state index contributed by atoms with van der Waals surface area (Å²) >= 11 is 0. The van der Waals surface area contributed by atoms with Crippen LogP contribution in [0.1, 0.15) is 11.6 Å². The highest BCUT2D eigenvalue weighted by Gasteiger charge is 2.21. The number of carbonyl (C=O) groups is 1. The Bertz CT molecular complexity index is 763. The van der Waals surface area contributed by atoms with Crippen molar-refractivity contribution in [3.63, 3.8) is 0 Å². The molecule has 1 heterocycles. The van der Waals surface area contributed by atoms with E-state index in [1.165, 1.54) is 11.0 Å². The van der Waals surface area contributed by atoms with Crippen molar-refractivity contribution in [2.75, 3.05) is 13.2 Å². The molecule has 3 rings (SSSR count). The van der Waals surface area contributed by atoms with Gasteiger partial charge in [0.15, 0.2) is 0 Å². The van der Waals surface area contributed by atoms with Crippen LogP contribution < -0.4 is 10.1 Å². The zero-order chi connectivity index (χ0) is 17.3. The van der Waals surface area contributed by atoms with Gasteiger partial charge in [-0.25, -0.2) is 4.68 Å². The van der Waals surface area contributed by atoms with Crippen LogP contribution in [0.25, 0.3) is 0 Å². The van der Waals surface area contributed by atoms with Crippen molar-refractivity contribution in [1.82, 2.24) is 25.5 Å². The van der Waals surface area contributed by atoms with Crippen LogP contribution in [0.2, 0.25) is 0 Å². The summed E-state index contributed by atoms with van der Waals surface area (Å²) in [5.41, 5.74) is 1.04. The van der Waals surface area contributed by atoms with Gasteiger partial charge in [0, 0.05) is 6.42 Å². The van der Waals surface area contributed by atoms with Crippen LogP contribution >= 0.6 is 0 Å². The zero-order valence-electron chi connectivity index (χ0n) is 13.7. The van der Waals surface area contributed by atoms with Gasteiger partial charge in [0.2, 0.25) is 5.91 Å². The van der Waals surface area contributed by atoms with E-state index in [1.54, 1.807) is 0 Å². The maximum atomic E-state index is 12.6. The zero-order valence-corrected chi connectivity index (χ0v) is 13.7. The average molecular weight is 337 g/mol. The molecular formula is C18H19N5O2. The van der Waals surface area contributed by atoms with Crippen molar-refractivity contribution in [3.8, 4) is 5.75 Å². The Hall–Kier alpha value is -3.22. The van der Waals surface area contributed by atoms with Crippen LogP contribution in [-0.4, -0.2) is 39.3 Å². The number of para-hydroxylation sites is 1. The molecule has 0 spiro atoms. The maximum absolute atomic E-state index is 12.6. The molecule has 25 heavy (non-hydrogen) atoms. The Balaban J connectivity index is 1.56. The average Bonchev–Trinajstić information content (AvgIpc) is 3.19. The molecule has 7 nitrogen and oxygen atoms in total. The van der Waals surface area contributed by atoms with Gasteiger partial charge in [0.05, 0.1) is 6.54 Å². The number of aromatic nitrogens is 4. The number of tetrazole rings is 1. The number of nitrogens with zero attached hydrogens (tertiary/aromatic N) is 4. The molecule has 1 N–H and O–H groups in total. The van der Waals surface area contributed by atoms with Gasteiger partial charge in [0.25, 0.3) is 0 Å². The summed E-state index contributed by atoms with van der Waals surface area (Å²) < 4.78 is 7.06. The van der Waals surface area contributed by atoms with Gasteiger partial charge in [0.1, 0.15) is 24.7 Å². The van der Waals surface area contributed by atoms with E-state index >= 15 is 0 Å². The lowest BCUT2D eigenvalue weighted by molar-refractivity contribution is -0.124. The Kier molecular flexibility index (Phi) is 5.71. The summed E-state index contributed by atoms with van der Waals surface area (Å²) in [4.78, 5) is 12.6. The first-order chi connectivity index (χ1) is 12.3. The lowest BCUT2D eigenvalue weighted by Gasteiger charge is -2.16. The molecular weight excluding hydrogens is 318 g/mol. The number of rotatable bonds is 8. The third-order valence-corrected chi connectivity index (χ3v) is 3.67. The van der Waals surface area contributed by atoms with E-state index in [2.05, 4.69) is 20.8 Å². The number of ether oxygens (including phenoxy) is 1. The SMILES string of the molecule is O=C(NCCOc1ccccc1)C(Cc1ccccc1)n1cnnn1. The summed E-state index contributed by atoms with van der Waals surface area (Å²) in [6.07, 6.45) is 1.96. The molecule has 7 heteroatoms. The monoisotopic (exact) mass is 337 g/mol. The highest BCUT2D eigenvalue weighted by atomic mass is 16.5. The second-order valence-corrected chi connectivity index (χ2v) is 5.45. The highest BCUT2D eigenvalue weighted by Crippen LogP contribution is 2.13. The standard InChI is InChI=1S/C18H19N5O2/c24-18(19-11-12-25-16-9-5-2-6-10-16)17(23-14-20-21-22-23)13-15-7-3-1-4-8-15/h1-10,14,17H,11-13H2,(H,19,24). The van der Waals surface area contributed by atoms with Crippen LogP contribution in [-0.2, 0) is 11.2 Å². The Morgan fingerprint density at radius 2 is 1.80 bits per heavy atom. The molecule has 0 radical (unpaired) electrons. The molecule has 1 atom stereocenters. The van der Waals surface area contributed by atoms with Crippen LogP contribution in [0.15, 0.2) is 67.0 Å². The van der Waals surface area contributed by atoms with Crippen LogP contribution in [0.5, 0.6) is 5.75 Å². The van der Waals surface area contributed by atoms with Crippen LogP contribution in [0, 0.1) is 0 Å². The minimum absolute atomic E-state index is 0.146. The second kappa shape index (κ2) is 8.58. The highest BCUT2D eigenvalue weighted by molar-refractivity contribution is 5.80. The molecule has 0 fully saturated rings. The molecule has 2 aromatic carbocycles. The summed E-state index contributed by atoms with van der Waals surface area (Å²) in [5, 5.41) is 14.0. The first-order valence-corrected chi connectivity index (χ1v) is 8.05. The van der Waals surface area contributed by atoms with E-state index in [0.29, 0.717) is 19.6 Å². The smallest absolute Gasteiger partial charge is 0.245 e. The molecule has 1 aromatic heterocycles. The minimum atomic E-state index is -0.505. The quantitative estimate of drug-likeness (QED) is 0.632. The van der Waals surface area contributed by atoms with Crippen molar-refractivity contribution in [3.05, 3.63) is 72.6 Å². The van der Waals surface area contributed by atoms with E-state index in [9.17, 15) is 4.79 Å². The molecule has 0 bridgehead atoms. The van der Waals surface area contributed by atoms with Gasteiger partial charge < -0.3 is 10.1 Å². The topological polar surface area (TPSA) is 81.9 Å². The van der Waals surface area contributed by atoms with Crippen LogP contribution in [0.3, 0.4) is 0 Å². The first kappa shape index (κ1) is 16.6. The fourth-order valence-electron chi connectivity index (χ4n) is 2.43. The number of benzene rings is 2. The summed E-state index contributed by atoms with van der Waals surface area (Å²) in [6.45, 7) is 0.796. The Labute approximate surface area is 145 Å². The van der Waals surface area contributed by atoms with Gasteiger partial charge in [-0.3, -0.25) is 4.79 Å². The molecule has 0 saturated carbocycles. The van der Waals surface area contributed by atoms with Crippen molar-refractivity contribution < 1.29 is 9.53 Å². The van der Waals surface area contributed by atoms with Gasteiger partial charge in [-0.2, -0.15) is 0 Å². The number of hydrogen-bond donors (Lipinski definition) is 1. The fourth-order valence-corrected chi connectivity index (χ4v) is 2.43. The van der Waals surface area contributed by atoms with E-state index in [1.807, 2.05) is 60.7 Å². The van der Waals surface area contributed by atoms with Gasteiger partial charge in [-0.15, -0.1) is 5.10 Å². The van der Waals surface area contributed by atoms with Crippen molar-refractivity contribution >= 4 is 5.91 Å². The molecule has 1 amide bonds. The van der Waals surface area contributed by atoms with Gasteiger partial charge in [-0.1, -0.05) is 48.5 Å². The molecule has 0 aliphatic rings. The Morgan fingerprint density at radius 1 is 1.08 bits per heavy atom. The molecule has 0 saturated heterocycles. The number of amides is 1. The maximum Gasteiger partial charge on any atom is 0.245 e. The second-order valence-electron chi connectivity index (χ2n) is 5.45. The van der Waals surface area contributed by atoms with Crippen LogP contribution in [0.4, 0.5) is 0 Å². The predicted octanol–water partition coefficient (Wildman–Crippen LogP) is 1.65. The van der Waals surface area contributed by atoms with E-state index in [-0.39, 0.29) is 5.91 Å². The first-order valence-electron chi connectivity index (χ1n) is 8.05. The largest absolute Gasteiger partial charge is 0.492 e. The lowest BCUT2D eigenvalue weighted by Crippen LogP contribution is -2.36. The third-order valence-electron chi connectivity index (χ3n) is 3.67.